The minimum atomic E-state index is -3.06. The summed E-state index contributed by atoms with van der Waals surface area (Å²) in [6.07, 6.45) is 3.58. The van der Waals surface area contributed by atoms with Crippen molar-refractivity contribution < 1.29 is 8.42 Å². The van der Waals surface area contributed by atoms with Crippen LogP contribution in [-0.2, 0) is 16.3 Å². The molecule has 2 rings (SSSR count). The maximum Gasteiger partial charge on any atom is 0.154 e. The highest BCUT2D eigenvalue weighted by molar-refractivity contribution is 7.91. The summed E-state index contributed by atoms with van der Waals surface area (Å²) in [6, 6.07) is 9.79. The van der Waals surface area contributed by atoms with Crippen LogP contribution in [0.3, 0.4) is 0 Å². The summed E-state index contributed by atoms with van der Waals surface area (Å²) in [7, 11) is -3.06. The molecule has 0 fully saturated rings. The monoisotopic (exact) mass is 261 g/mol. The van der Waals surface area contributed by atoms with Gasteiger partial charge in [-0.05, 0) is 11.5 Å². The predicted molar refractivity (Wildman–Crippen MR) is 74.3 cm³/mol. The molecule has 3 nitrogen and oxygen atoms in total. The Morgan fingerprint density at radius 2 is 2.00 bits per heavy atom. The maximum atomic E-state index is 11.6. The maximum absolute atomic E-state index is 11.6. The Hall–Kier alpha value is -1.68. The van der Waals surface area contributed by atoms with Crippen molar-refractivity contribution in [2.45, 2.75) is 6.42 Å². The number of hydrogen-bond acceptors (Lipinski definition) is 3. The van der Waals surface area contributed by atoms with Gasteiger partial charge in [0.25, 0.3) is 0 Å². The zero-order valence-corrected chi connectivity index (χ0v) is 10.9. The van der Waals surface area contributed by atoms with Gasteiger partial charge in [0.15, 0.2) is 9.84 Å². The Morgan fingerprint density at radius 3 is 2.78 bits per heavy atom. The predicted octanol–water partition coefficient (Wildman–Crippen LogP) is 2.38. The zero-order valence-electron chi connectivity index (χ0n) is 10.0. The molecule has 0 bridgehead atoms. The van der Waals surface area contributed by atoms with Crippen LogP contribution in [0, 0.1) is 0 Å². The van der Waals surface area contributed by atoms with Crippen LogP contribution in [0.15, 0.2) is 49.2 Å². The van der Waals surface area contributed by atoms with Crippen molar-refractivity contribution in [3.63, 3.8) is 0 Å². The number of pyridine rings is 1. The molecule has 0 atom stereocenters. The van der Waals surface area contributed by atoms with Crippen molar-refractivity contribution in [2.75, 3.05) is 11.5 Å². The number of aryl methyl sites for hydroxylation is 1. The molecule has 1 aromatic heterocycles. The lowest BCUT2D eigenvalue weighted by atomic mass is 10.1. The van der Waals surface area contributed by atoms with Crippen LogP contribution >= 0.6 is 0 Å². The first-order valence-corrected chi connectivity index (χ1v) is 7.58. The van der Waals surface area contributed by atoms with Gasteiger partial charge in [-0.2, -0.15) is 0 Å². The topological polar surface area (TPSA) is 47.0 Å². The SMILES string of the molecule is C=CCS(=O)(=O)CCc1nccc2ccccc12. The van der Waals surface area contributed by atoms with Gasteiger partial charge in [0, 0.05) is 23.7 Å². The summed E-state index contributed by atoms with van der Waals surface area (Å²) >= 11 is 0. The fourth-order valence-electron chi connectivity index (χ4n) is 1.90. The smallest absolute Gasteiger partial charge is 0.154 e. The normalized spacial score (nSPS) is 11.6. The standard InChI is InChI=1S/C14H15NO2S/c1-2-10-18(16,17)11-8-14-13-6-4-3-5-12(13)7-9-15-14/h2-7,9H,1,8,10-11H2. The number of fused-ring (bicyclic) bond motifs is 1. The molecule has 18 heavy (non-hydrogen) atoms. The van der Waals surface area contributed by atoms with E-state index < -0.39 is 9.84 Å². The molecule has 0 N–H and O–H groups in total. The molecule has 0 aliphatic carbocycles. The Balaban J connectivity index is 2.25. The number of benzene rings is 1. The summed E-state index contributed by atoms with van der Waals surface area (Å²) < 4.78 is 23.3. The molecule has 0 amide bonds. The first kappa shape index (κ1) is 12.8. The Labute approximate surface area is 107 Å². The van der Waals surface area contributed by atoms with Gasteiger partial charge in [0.05, 0.1) is 11.5 Å². The first-order valence-electron chi connectivity index (χ1n) is 5.76. The molecule has 0 saturated carbocycles. The third-order valence-electron chi connectivity index (χ3n) is 2.78. The molecule has 2 aromatic rings. The zero-order chi connectivity index (χ0) is 13.0. The second-order valence-corrected chi connectivity index (χ2v) is 6.36. The summed E-state index contributed by atoms with van der Waals surface area (Å²) in [6.45, 7) is 3.46. The molecule has 0 unspecified atom stereocenters. The van der Waals surface area contributed by atoms with Gasteiger partial charge in [-0.3, -0.25) is 4.98 Å². The van der Waals surface area contributed by atoms with Crippen molar-refractivity contribution in [3.05, 3.63) is 54.9 Å². The second kappa shape index (κ2) is 5.31. The van der Waals surface area contributed by atoms with Crippen molar-refractivity contribution >= 4 is 20.6 Å². The van der Waals surface area contributed by atoms with Gasteiger partial charge in [-0.25, -0.2) is 8.42 Å². The summed E-state index contributed by atoms with van der Waals surface area (Å²) in [5.74, 6) is 0.137. The van der Waals surface area contributed by atoms with E-state index in [9.17, 15) is 8.42 Å². The molecule has 4 heteroatoms. The molecule has 0 spiro atoms. The average molecular weight is 261 g/mol. The summed E-state index contributed by atoms with van der Waals surface area (Å²) in [5, 5.41) is 2.11. The molecule has 0 saturated heterocycles. The molecule has 0 aliphatic rings. The third-order valence-corrected chi connectivity index (χ3v) is 4.35. The lowest BCUT2D eigenvalue weighted by molar-refractivity contribution is 0.598. The van der Waals surface area contributed by atoms with Gasteiger partial charge < -0.3 is 0 Å². The summed E-state index contributed by atoms with van der Waals surface area (Å²) in [4.78, 5) is 4.28. The lowest BCUT2D eigenvalue weighted by Crippen LogP contribution is -2.12. The summed E-state index contributed by atoms with van der Waals surface area (Å²) in [5.41, 5.74) is 0.834. The van der Waals surface area contributed by atoms with Crippen LogP contribution in [0.2, 0.25) is 0 Å². The average Bonchev–Trinajstić information content (AvgIpc) is 2.36. The van der Waals surface area contributed by atoms with E-state index in [-0.39, 0.29) is 11.5 Å². The lowest BCUT2D eigenvalue weighted by Gasteiger charge is -2.05. The fourth-order valence-corrected chi connectivity index (χ4v) is 2.93. The molecule has 0 radical (unpaired) electrons. The van der Waals surface area contributed by atoms with Crippen LogP contribution in [0.25, 0.3) is 10.8 Å². The van der Waals surface area contributed by atoms with Gasteiger partial charge >= 0.3 is 0 Å². The minimum Gasteiger partial charge on any atom is -0.261 e. The number of hydrogen-bond donors (Lipinski definition) is 0. The van der Waals surface area contributed by atoms with E-state index in [1.807, 2.05) is 30.3 Å². The van der Waals surface area contributed by atoms with Gasteiger partial charge in [0.2, 0.25) is 0 Å². The molecule has 94 valence electrons. The van der Waals surface area contributed by atoms with Gasteiger partial charge in [-0.15, -0.1) is 6.58 Å². The van der Waals surface area contributed by atoms with Gasteiger partial charge in [-0.1, -0.05) is 30.3 Å². The molecular formula is C14H15NO2S. The quantitative estimate of drug-likeness (QED) is 0.776. The van der Waals surface area contributed by atoms with Crippen molar-refractivity contribution in [2.24, 2.45) is 0 Å². The largest absolute Gasteiger partial charge is 0.261 e. The van der Waals surface area contributed by atoms with Gasteiger partial charge in [0.1, 0.15) is 0 Å². The Bertz CT molecular complexity index is 657. The van der Waals surface area contributed by atoms with Crippen molar-refractivity contribution in [1.29, 1.82) is 0 Å². The molecule has 1 aromatic carbocycles. The fraction of sp³-hybridized carbons (Fsp3) is 0.214. The van der Waals surface area contributed by atoms with Crippen LogP contribution in [0.4, 0.5) is 0 Å². The van der Waals surface area contributed by atoms with E-state index in [0.717, 1.165) is 16.5 Å². The molecule has 0 aliphatic heterocycles. The number of nitrogens with zero attached hydrogens (tertiary/aromatic N) is 1. The third kappa shape index (κ3) is 2.96. The first-order chi connectivity index (χ1) is 8.62. The minimum absolute atomic E-state index is 0.0256. The van der Waals surface area contributed by atoms with Crippen LogP contribution in [-0.4, -0.2) is 24.9 Å². The Kier molecular flexibility index (Phi) is 3.77. The number of rotatable bonds is 5. The van der Waals surface area contributed by atoms with Crippen molar-refractivity contribution in [3.8, 4) is 0 Å². The highest BCUT2D eigenvalue weighted by Gasteiger charge is 2.10. The van der Waals surface area contributed by atoms with E-state index in [1.165, 1.54) is 6.08 Å². The van der Waals surface area contributed by atoms with E-state index >= 15 is 0 Å². The van der Waals surface area contributed by atoms with E-state index in [0.29, 0.717) is 6.42 Å². The second-order valence-electron chi connectivity index (χ2n) is 4.13. The highest BCUT2D eigenvalue weighted by atomic mass is 32.2. The van der Waals surface area contributed by atoms with Crippen LogP contribution in [0.1, 0.15) is 5.69 Å². The highest BCUT2D eigenvalue weighted by Crippen LogP contribution is 2.17. The van der Waals surface area contributed by atoms with E-state index in [1.54, 1.807) is 6.20 Å². The van der Waals surface area contributed by atoms with Crippen molar-refractivity contribution in [1.82, 2.24) is 4.98 Å². The number of aromatic nitrogens is 1. The van der Waals surface area contributed by atoms with Crippen LogP contribution in [0.5, 0.6) is 0 Å². The Morgan fingerprint density at radius 1 is 1.22 bits per heavy atom. The molecular weight excluding hydrogens is 246 g/mol. The van der Waals surface area contributed by atoms with E-state index in [2.05, 4.69) is 11.6 Å². The van der Waals surface area contributed by atoms with E-state index in [4.69, 9.17) is 0 Å². The number of sulfone groups is 1. The molecule has 1 heterocycles. The van der Waals surface area contributed by atoms with Crippen LogP contribution < -0.4 is 0 Å².